The lowest BCUT2D eigenvalue weighted by molar-refractivity contribution is 0.102. The lowest BCUT2D eigenvalue weighted by Crippen LogP contribution is -2.17. The van der Waals surface area contributed by atoms with E-state index >= 15 is 0 Å². The van der Waals surface area contributed by atoms with Crippen molar-refractivity contribution < 1.29 is 4.79 Å². The second-order valence-corrected chi connectivity index (χ2v) is 8.78. The Kier molecular flexibility index (Phi) is 5.05. The van der Waals surface area contributed by atoms with Crippen LogP contribution in [0.2, 0.25) is 5.02 Å². The Morgan fingerprint density at radius 3 is 2.89 bits per heavy atom. The van der Waals surface area contributed by atoms with Crippen molar-refractivity contribution in [2.24, 2.45) is 0 Å². The fourth-order valence-electron chi connectivity index (χ4n) is 3.13. The zero-order valence-electron chi connectivity index (χ0n) is 14.8. The van der Waals surface area contributed by atoms with Crippen LogP contribution in [0.3, 0.4) is 0 Å². The molecule has 4 rings (SSSR count). The van der Waals surface area contributed by atoms with E-state index in [1.165, 1.54) is 5.56 Å². The van der Waals surface area contributed by atoms with E-state index in [2.05, 4.69) is 41.2 Å². The molecule has 3 aromatic rings. The van der Waals surface area contributed by atoms with Gasteiger partial charge in [-0.3, -0.25) is 4.79 Å². The maximum atomic E-state index is 13.0. The van der Waals surface area contributed by atoms with Gasteiger partial charge in [-0.25, -0.2) is 4.68 Å². The van der Waals surface area contributed by atoms with Crippen molar-refractivity contribution in [1.29, 1.82) is 0 Å². The average Bonchev–Trinajstić information content (AvgIpc) is 3.22. The number of amides is 1. The number of fused-ring (bicyclic) bond motifs is 1. The number of hydrogen-bond acceptors (Lipinski definition) is 3. The third-order valence-electron chi connectivity index (χ3n) is 4.76. The van der Waals surface area contributed by atoms with Crippen LogP contribution in [0.4, 0.5) is 5.82 Å². The summed E-state index contributed by atoms with van der Waals surface area (Å²) in [5.41, 5.74) is 5.84. The van der Waals surface area contributed by atoms with E-state index in [4.69, 9.17) is 16.7 Å². The molecule has 2 aromatic carbocycles. The van der Waals surface area contributed by atoms with Crippen LogP contribution in [0.15, 0.2) is 40.9 Å². The van der Waals surface area contributed by atoms with E-state index in [-0.39, 0.29) is 5.91 Å². The second kappa shape index (κ2) is 7.34. The summed E-state index contributed by atoms with van der Waals surface area (Å²) in [6.07, 6.45) is 0. The van der Waals surface area contributed by atoms with Crippen LogP contribution < -0.4 is 5.32 Å². The fraction of sp³-hybridized carbons (Fsp3) is 0.200. The minimum atomic E-state index is -0.243. The Morgan fingerprint density at radius 1 is 1.26 bits per heavy atom. The lowest BCUT2D eigenvalue weighted by Gasteiger charge is -2.14. The number of anilines is 1. The van der Waals surface area contributed by atoms with Crippen molar-refractivity contribution in [3.8, 4) is 5.69 Å². The van der Waals surface area contributed by atoms with Crippen LogP contribution in [0.5, 0.6) is 0 Å². The highest BCUT2D eigenvalue weighted by Gasteiger charge is 2.26. The first-order valence-corrected chi connectivity index (χ1v) is 10.8. The molecular formula is C20H17BrClN3OS. The van der Waals surface area contributed by atoms with E-state index in [0.717, 1.165) is 44.3 Å². The molecule has 0 aliphatic carbocycles. The van der Waals surface area contributed by atoms with Crippen LogP contribution in [-0.2, 0) is 11.5 Å². The summed E-state index contributed by atoms with van der Waals surface area (Å²) in [5, 5.41) is 8.27. The number of aromatic nitrogens is 2. The van der Waals surface area contributed by atoms with Crippen molar-refractivity contribution in [2.45, 2.75) is 25.4 Å². The van der Waals surface area contributed by atoms with E-state index in [9.17, 15) is 4.79 Å². The van der Waals surface area contributed by atoms with Gasteiger partial charge in [-0.15, -0.1) is 0 Å². The molecule has 4 nitrogen and oxygen atoms in total. The highest BCUT2D eigenvalue weighted by atomic mass is 79.9. The first-order chi connectivity index (χ1) is 13.0. The maximum Gasteiger partial charge on any atom is 0.258 e. The predicted octanol–water partition coefficient (Wildman–Crippen LogP) is 5.90. The van der Waals surface area contributed by atoms with Gasteiger partial charge < -0.3 is 5.32 Å². The van der Waals surface area contributed by atoms with Crippen molar-refractivity contribution in [3.63, 3.8) is 0 Å². The molecule has 0 spiro atoms. The molecule has 1 aliphatic heterocycles. The third kappa shape index (κ3) is 3.42. The Balaban J connectivity index is 1.80. The van der Waals surface area contributed by atoms with Crippen molar-refractivity contribution in [1.82, 2.24) is 9.78 Å². The quantitative estimate of drug-likeness (QED) is 0.527. The predicted molar refractivity (Wildman–Crippen MR) is 115 cm³/mol. The molecular weight excluding hydrogens is 446 g/mol. The Hall–Kier alpha value is -1.76. The van der Waals surface area contributed by atoms with Gasteiger partial charge in [0.05, 0.1) is 22.0 Å². The number of carbonyl (C=O) groups excluding carboxylic acids is 1. The molecule has 0 atom stereocenters. The normalized spacial score (nSPS) is 12.9. The van der Waals surface area contributed by atoms with Crippen LogP contribution in [-0.4, -0.2) is 15.7 Å². The highest BCUT2D eigenvalue weighted by molar-refractivity contribution is 9.10. The molecule has 1 N–H and O–H groups in total. The fourth-order valence-corrected chi connectivity index (χ4v) is 4.73. The largest absolute Gasteiger partial charge is 0.306 e. The van der Waals surface area contributed by atoms with Crippen molar-refractivity contribution in [3.05, 3.63) is 73.8 Å². The number of aryl methyl sites for hydroxylation is 1. The summed E-state index contributed by atoms with van der Waals surface area (Å²) < 4.78 is 2.66. The molecule has 0 radical (unpaired) electrons. The summed E-state index contributed by atoms with van der Waals surface area (Å²) in [6, 6.07) is 11.4. The molecule has 1 aromatic heterocycles. The summed E-state index contributed by atoms with van der Waals surface area (Å²) in [5.74, 6) is 2.17. The van der Waals surface area contributed by atoms with Gasteiger partial charge >= 0.3 is 0 Å². The third-order valence-corrected chi connectivity index (χ3v) is 6.55. The molecule has 138 valence electrons. The molecule has 1 aliphatic rings. The van der Waals surface area contributed by atoms with Crippen LogP contribution >= 0.6 is 39.3 Å². The van der Waals surface area contributed by atoms with E-state index < -0.39 is 0 Å². The van der Waals surface area contributed by atoms with E-state index in [0.29, 0.717) is 10.6 Å². The topological polar surface area (TPSA) is 46.9 Å². The second-order valence-electron chi connectivity index (χ2n) is 6.48. The monoisotopic (exact) mass is 461 g/mol. The number of benzene rings is 2. The summed E-state index contributed by atoms with van der Waals surface area (Å²) >= 11 is 11.4. The number of carbonyl (C=O) groups is 1. The lowest BCUT2D eigenvalue weighted by atomic mass is 10.1. The standard InChI is InChI=1S/C20H17BrClN3OS/c1-11-4-3-5-18(12(11)2)25-19(15-9-27-10-17(15)24-25)23-20(26)14-8-13(21)6-7-16(14)22/h3-8H,9-10H2,1-2H3,(H,23,26). The average molecular weight is 463 g/mol. The first kappa shape index (κ1) is 18.6. The number of rotatable bonds is 3. The van der Waals surface area contributed by atoms with Crippen LogP contribution in [0, 0.1) is 13.8 Å². The Labute approximate surface area is 175 Å². The molecule has 0 fully saturated rings. The molecule has 2 heterocycles. The molecule has 7 heteroatoms. The van der Waals surface area contributed by atoms with Crippen LogP contribution in [0.1, 0.15) is 32.7 Å². The van der Waals surface area contributed by atoms with Gasteiger partial charge in [0.2, 0.25) is 0 Å². The van der Waals surface area contributed by atoms with Gasteiger partial charge in [-0.2, -0.15) is 16.9 Å². The van der Waals surface area contributed by atoms with Gasteiger partial charge in [0, 0.05) is 21.5 Å². The first-order valence-electron chi connectivity index (χ1n) is 8.47. The maximum absolute atomic E-state index is 13.0. The summed E-state index contributed by atoms with van der Waals surface area (Å²) in [4.78, 5) is 13.0. The number of nitrogens with zero attached hydrogens (tertiary/aromatic N) is 2. The minimum absolute atomic E-state index is 0.243. The zero-order valence-corrected chi connectivity index (χ0v) is 18.0. The molecule has 0 unspecified atom stereocenters. The smallest absolute Gasteiger partial charge is 0.258 e. The highest BCUT2D eigenvalue weighted by Crippen LogP contribution is 2.37. The number of nitrogens with one attached hydrogen (secondary N) is 1. The van der Waals surface area contributed by atoms with Gasteiger partial charge in [0.1, 0.15) is 5.82 Å². The zero-order chi connectivity index (χ0) is 19.1. The minimum Gasteiger partial charge on any atom is -0.306 e. The molecule has 0 bridgehead atoms. The van der Waals surface area contributed by atoms with E-state index in [1.807, 2.05) is 22.9 Å². The Morgan fingerprint density at radius 2 is 2.07 bits per heavy atom. The van der Waals surface area contributed by atoms with Gasteiger partial charge in [-0.05, 0) is 49.2 Å². The summed E-state index contributed by atoms with van der Waals surface area (Å²) in [7, 11) is 0. The summed E-state index contributed by atoms with van der Waals surface area (Å²) in [6.45, 7) is 4.15. The molecule has 1 amide bonds. The van der Waals surface area contributed by atoms with Crippen molar-refractivity contribution in [2.75, 3.05) is 5.32 Å². The van der Waals surface area contributed by atoms with Gasteiger partial charge in [0.25, 0.3) is 5.91 Å². The number of thioether (sulfide) groups is 1. The molecule has 0 saturated carbocycles. The molecule has 27 heavy (non-hydrogen) atoms. The molecule has 0 saturated heterocycles. The Bertz CT molecular complexity index is 1060. The van der Waals surface area contributed by atoms with Crippen molar-refractivity contribution >= 4 is 51.0 Å². The van der Waals surface area contributed by atoms with E-state index in [1.54, 1.807) is 23.9 Å². The SMILES string of the molecule is Cc1cccc(-n2nc3c(c2NC(=O)c2cc(Br)ccc2Cl)CSC3)c1C. The number of halogens is 2. The number of hydrogen-bond donors (Lipinski definition) is 1. The van der Waals surface area contributed by atoms with Gasteiger partial charge in [-0.1, -0.05) is 39.7 Å². The van der Waals surface area contributed by atoms with Gasteiger partial charge in [0.15, 0.2) is 0 Å². The van der Waals surface area contributed by atoms with Crippen LogP contribution in [0.25, 0.3) is 5.69 Å².